The van der Waals surface area contributed by atoms with Crippen molar-refractivity contribution in [3.63, 3.8) is 0 Å². The summed E-state index contributed by atoms with van der Waals surface area (Å²) in [5.41, 5.74) is 1.25. The maximum absolute atomic E-state index is 12.7. The van der Waals surface area contributed by atoms with Gasteiger partial charge in [0.1, 0.15) is 24.0 Å². The smallest absolute Gasteiger partial charge is 0.411 e. The lowest BCUT2D eigenvalue weighted by molar-refractivity contribution is -0.142. The number of carboxylic acid groups (broad SMARTS) is 1. The normalized spacial score (nSPS) is 19.1. The Kier molecular flexibility index (Phi) is 6.11. The Morgan fingerprint density at radius 1 is 1.03 bits per heavy atom. The van der Waals surface area contributed by atoms with Crippen molar-refractivity contribution in [3.8, 4) is 5.75 Å². The van der Waals surface area contributed by atoms with Gasteiger partial charge in [-0.25, -0.2) is 9.59 Å². The summed E-state index contributed by atoms with van der Waals surface area (Å²) in [7, 11) is 0. The molecular weight excluding hydrogens is 370 g/mol. The Morgan fingerprint density at radius 2 is 1.69 bits per heavy atom. The molecule has 6 heteroatoms. The van der Waals surface area contributed by atoms with E-state index in [4.69, 9.17) is 9.47 Å². The highest BCUT2D eigenvalue weighted by Crippen LogP contribution is 2.38. The van der Waals surface area contributed by atoms with Gasteiger partial charge in [0.25, 0.3) is 0 Å². The first kappa shape index (κ1) is 20.7. The first-order valence-corrected chi connectivity index (χ1v) is 9.75. The molecule has 2 aromatic rings. The average molecular weight is 397 g/mol. The minimum absolute atomic E-state index is 0.339. The van der Waals surface area contributed by atoms with E-state index in [1.807, 2.05) is 54.6 Å². The van der Waals surface area contributed by atoms with E-state index in [1.54, 1.807) is 20.8 Å². The van der Waals surface area contributed by atoms with E-state index in [-0.39, 0.29) is 6.04 Å². The van der Waals surface area contributed by atoms with Crippen LogP contribution in [0.1, 0.15) is 50.8 Å². The van der Waals surface area contributed by atoms with E-state index in [0.29, 0.717) is 25.2 Å². The molecule has 6 nitrogen and oxygen atoms in total. The molecule has 0 radical (unpaired) electrons. The topological polar surface area (TPSA) is 76.1 Å². The third-order valence-corrected chi connectivity index (χ3v) is 4.79. The molecule has 0 saturated carbocycles. The monoisotopic (exact) mass is 397 g/mol. The zero-order chi connectivity index (χ0) is 21.0. The molecular formula is C23H27NO5. The second-order valence-electron chi connectivity index (χ2n) is 8.18. The van der Waals surface area contributed by atoms with Crippen LogP contribution in [0.5, 0.6) is 5.75 Å². The molecule has 2 aromatic carbocycles. The van der Waals surface area contributed by atoms with Gasteiger partial charge in [0.2, 0.25) is 0 Å². The van der Waals surface area contributed by atoms with Gasteiger partial charge < -0.3 is 14.6 Å². The largest absolute Gasteiger partial charge is 0.489 e. The van der Waals surface area contributed by atoms with Crippen molar-refractivity contribution < 1.29 is 24.2 Å². The van der Waals surface area contributed by atoms with Crippen molar-refractivity contribution in [2.24, 2.45) is 0 Å². The van der Waals surface area contributed by atoms with Crippen molar-refractivity contribution in [2.45, 2.75) is 57.9 Å². The van der Waals surface area contributed by atoms with E-state index in [1.165, 1.54) is 4.90 Å². The molecule has 1 fully saturated rings. The number of carboxylic acids is 1. The average Bonchev–Trinajstić information content (AvgIpc) is 3.12. The minimum atomic E-state index is -1.01. The van der Waals surface area contributed by atoms with Gasteiger partial charge >= 0.3 is 12.1 Å². The summed E-state index contributed by atoms with van der Waals surface area (Å²) in [6.07, 6.45) is 0.364. The van der Waals surface area contributed by atoms with Crippen LogP contribution in [0, 0.1) is 0 Å². The number of benzene rings is 2. The first-order valence-electron chi connectivity index (χ1n) is 9.75. The predicted molar refractivity (Wildman–Crippen MR) is 109 cm³/mol. The number of aliphatic carboxylic acids is 1. The van der Waals surface area contributed by atoms with Gasteiger partial charge in [-0.3, -0.25) is 4.90 Å². The van der Waals surface area contributed by atoms with E-state index < -0.39 is 23.7 Å². The molecule has 1 saturated heterocycles. The number of hydrogen-bond donors (Lipinski definition) is 1. The Hall–Kier alpha value is -3.02. The summed E-state index contributed by atoms with van der Waals surface area (Å²) in [4.78, 5) is 25.7. The van der Waals surface area contributed by atoms with Gasteiger partial charge in [0, 0.05) is 0 Å². The molecule has 0 spiro atoms. The lowest BCUT2D eigenvalue weighted by Gasteiger charge is -2.31. The van der Waals surface area contributed by atoms with Crippen LogP contribution in [0.2, 0.25) is 0 Å². The molecule has 0 bridgehead atoms. The van der Waals surface area contributed by atoms with Crippen LogP contribution < -0.4 is 4.74 Å². The molecule has 1 N–H and O–H groups in total. The standard InChI is InChI=1S/C23H27NO5/c1-23(2,3)29-22(27)24-19(13-14-20(24)21(25)26)17-9-11-18(12-10-17)28-15-16-7-5-4-6-8-16/h4-12,19-20H,13-15H2,1-3H3,(H,25,26)/t19-,20+/m0/s1. The van der Waals surface area contributed by atoms with E-state index >= 15 is 0 Å². The van der Waals surface area contributed by atoms with Crippen molar-refractivity contribution in [1.82, 2.24) is 4.90 Å². The van der Waals surface area contributed by atoms with Gasteiger partial charge in [-0.05, 0) is 56.9 Å². The summed E-state index contributed by atoms with van der Waals surface area (Å²) < 4.78 is 11.3. The van der Waals surface area contributed by atoms with Gasteiger partial charge in [-0.1, -0.05) is 42.5 Å². The summed E-state index contributed by atoms with van der Waals surface area (Å²) >= 11 is 0. The maximum Gasteiger partial charge on any atom is 0.411 e. The number of carbonyl (C=O) groups is 2. The zero-order valence-corrected chi connectivity index (χ0v) is 17.0. The number of hydrogen-bond acceptors (Lipinski definition) is 4. The van der Waals surface area contributed by atoms with Gasteiger partial charge in [0.05, 0.1) is 6.04 Å². The second-order valence-corrected chi connectivity index (χ2v) is 8.18. The van der Waals surface area contributed by atoms with Crippen molar-refractivity contribution in [3.05, 3.63) is 65.7 Å². The quantitative estimate of drug-likeness (QED) is 0.785. The zero-order valence-electron chi connectivity index (χ0n) is 17.0. The maximum atomic E-state index is 12.7. The third-order valence-electron chi connectivity index (χ3n) is 4.79. The van der Waals surface area contributed by atoms with Crippen LogP contribution in [0.15, 0.2) is 54.6 Å². The molecule has 0 aromatic heterocycles. The Bertz CT molecular complexity index is 842. The lowest BCUT2D eigenvalue weighted by atomic mass is 10.0. The van der Waals surface area contributed by atoms with Crippen LogP contribution in [-0.2, 0) is 16.1 Å². The van der Waals surface area contributed by atoms with E-state index in [9.17, 15) is 14.7 Å². The fourth-order valence-corrected chi connectivity index (χ4v) is 3.48. The summed E-state index contributed by atoms with van der Waals surface area (Å²) in [5.74, 6) is -0.296. The predicted octanol–water partition coefficient (Wildman–Crippen LogP) is 4.79. The Balaban J connectivity index is 1.73. The number of rotatable bonds is 5. The minimum Gasteiger partial charge on any atom is -0.489 e. The van der Waals surface area contributed by atoms with E-state index in [2.05, 4.69) is 0 Å². The molecule has 1 amide bonds. The molecule has 2 atom stereocenters. The summed E-state index contributed by atoms with van der Waals surface area (Å²) in [6.45, 7) is 5.77. The van der Waals surface area contributed by atoms with Crippen LogP contribution in [0.3, 0.4) is 0 Å². The van der Waals surface area contributed by atoms with Crippen LogP contribution in [0.4, 0.5) is 4.79 Å². The molecule has 154 valence electrons. The molecule has 0 aliphatic carbocycles. The Morgan fingerprint density at radius 3 is 2.28 bits per heavy atom. The van der Waals surface area contributed by atoms with Crippen LogP contribution in [0.25, 0.3) is 0 Å². The number of carbonyl (C=O) groups excluding carboxylic acids is 1. The molecule has 0 unspecified atom stereocenters. The van der Waals surface area contributed by atoms with Crippen molar-refractivity contribution in [1.29, 1.82) is 0 Å². The fourth-order valence-electron chi connectivity index (χ4n) is 3.48. The number of likely N-dealkylation sites (tertiary alicyclic amines) is 1. The number of nitrogens with zero attached hydrogens (tertiary/aromatic N) is 1. The molecule has 1 heterocycles. The van der Waals surface area contributed by atoms with Crippen LogP contribution >= 0.6 is 0 Å². The number of amides is 1. The summed E-state index contributed by atoms with van der Waals surface area (Å²) in [5, 5.41) is 9.55. The van der Waals surface area contributed by atoms with Gasteiger partial charge in [-0.2, -0.15) is 0 Å². The van der Waals surface area contributed by atoms with Gasteiger partial charge in [0.15, 0.2) is 0 Å². The summed E-state index contributed by atoms with van der Waals surface area (Å²) in [6, 6.07) is 16.1. The highest BCUT2D eigenvalue weighted by atomic mass is 16.6. The second kappa shape index (κ2) is 8.55. The van der Waals surface area contributed by atoms with Crippen molar-refractivity contribution in [2.75, 3.05) is 0 Å². The number of ether oxygens (including phenoxy) is 2. The first-order chi connectivity index (χ1) is 13.7. The highest BCUT2D eigenvalue weighted by Gasteiger charge is 2.43. The lowest BCUT2D eigenvalue weighted by Crippen LogP contribution is -2.44. The fraction of sp³-hybridized carbons (Fsp3) is 0.391. The molecule has 1 aliphatic rings. The van der Waals surface area contributed by atoms with Crippen LogP contribution in [-0.4, -0.2) is 33.7 Å². The molecule has 3 rings (SSSR count). The molecule has 29 heavy (non-hydrogen) atoms. The van der Waals surface area contributed by atoms with E-state index in [0.717, 1.165) is 11.1 Å². The highest BCUT2D eigenvalue weighted by molar-refractivity contribution is 5.81. The van der Waals surface area contributed by atoms with Crippen molar-refractivity contribution >= 4 is 12.1 Å². The third kappa shape index (κ3) is 5.28. The van der Waals surface area contributed by atoms with Gasteiger partial charge in [-0.15, -0.1) is 0 Å². The SMILES string of the molecule is CC(C)(C)OC(=O)N1[C@@H](C(=O)O)CC[C@H]1c1ccc(OCc2ccccc2)cc1. The molecule has 1 aliphatic heterocycles. The Labute approximate surface area is 171 Å².